The van der Waals surface area contributed by atoms with Crippen LogP contribution in [0.25, 0.3) is 11.1 Å². The smallest absolute Gasteiger partial charge is 0.230 e. The third-order valence-corrected chi connectivity index (χ3v) is 4.66. The summed E-state index contributed by atoms with van der Waals surface area (Å²) in [6.45, 7) is 2.27. The lowest BCUT2D eigenvalue weighted by molar-refractivity contribution is 0.331. The zero-order chi connectivity index (χ0) is 15.0. The van der Waals surface area contributed by atoms with E-state index in [-0.39, 0.29) is 11.7 Å². The third-order valence-electron chi connectivity index (χ3n) is 4.35. The zero-order valence-electron chi connectivity index (χ0n) is 11.9. The molecule has 0 aliphatic heterocycles. The van der Waals surface area contributed by atoms with Crippen LogP contribution in [0, 0.1) is 11.7 Å². The second-order valence-electron chi connectivity index (χ2n) is 5.89. The van der Waals surface area contributed by atoms with Crippen molar-refractivity contribution < 1.29 is 8.91 Å². The van der Waals surface area contributed by atoms with Gasteiger partial charge in [0.15, 0.2) is 0 Å². The van der Waals surface area contributed by atoms with Crippen LogP contribution in [0.1, 0.15) is 44.2 Å². The van der Waals surface area contributed by atoms with Gasteiger partial charge in [-0.2, -0.15) is 0 Å². The average Bonchev–Trinajstić information content (AvgIpc) is 2.82. The van der Waals surface area contributed by atoms with Crippen molar-refractivity contribution in [2.24, 2.45) is 5.92 Å². The van der Waals surface area contributed by atoms with E-state index in [2.05, 4.69) is 12.1 Å². The van der Waals surface area contributed by atoms with Crippen molar-refractivity contribution in [2.45, 2.75) is 38.5 Å². The van der Waals surface area contributed by atoms with Crippen LogP contribution < -0.4 is 5.73 Å². The summed E-state index contributed by atoms with van der Waals surface area (Å²) in [7, 11) is 0. The summed E-state index contributed by atoms with van der Waals surface area (Å²) >= 11 is 6.16. The third kappa shape index (κ3) is 2.77. The van der Waals surface area contributed by atoms with Gasteiger partial charge in [-0.25, -0.2) is 4.39 Å². The highest BCUT2D eigenvalue weighted by atomic mass is 35.5. The molecule has 1 aromatic carbocycles. The lowest BCUT2D eigenvalue weighted by Crippen LogP contribution is -2.12. The molecule has 0 unspecified atom stereocenters. The lowest BCUT2D eigenvalue weighted by Gasteiger charge is -2.25. The standard InChI is InChI=1S/C16H18ClFN2O/c1-9-2-4-10(5-3-9)15-14(16(19)21-20-15)12-7-6-11(18)8-13(12)17/h6-10H,2-5,19H2,1H3. The number of rotatable bonds is 2. The summed E-state index contributed by atoms with van der Waals surface area (Å²) in [5.41, 5.74) is 8.19. The van der Waals surface area contributed by atoms with Crippen molar-refractivity contribution in [3.63, 3.8) is 0 Å². The molecular formula is C16H18ClFN2O. The number of nitrogens with zero attached hydrogens (tertiary/aromatic N) is 1. The molecule has 1 heterocycles. The molecule has 2 N–H and O–H groups in total. The number of anilines is 1. The summed E-state index contributed by atoms with van der Waals surface area (Å²) in [5.74, 6) is 0.964. The molecule has 0 saturated heterocycles. The van der Waals surface area contributed by atoms with E-state index >= 15 is 0 Å². The Morgan fingerprint density at radius 3 is 2.67 bits per heavy atom. The highest BCUT2D eigenvalue weighted by Gasteiger charge is 2.28. The molecule has 0 radical (unpaired) electrons. The molecule has 1 fully saturated rings. The number of nitrogens with two attached hydrogens (primary N) is 1. The molecule has 3 rings (SSSR count). The Morgan fingerprint density at radius 1 is 1.29 bits per heavy atom. The summed E-state index contributed by atoms with van der Waals surface area (Å²) in [6, 6.07) is 4.30. The molecule has 1 aromatic heterocycles. The van der Waals surface area contributed by atoms with Gasteiger partial charge >= 0.3 is 0 Å². The summed E-state index contributed by atoms with van der Waals surface area (Å²) < 4.78 is 18.4. The maximum Gasteiger partial charge on any atom is 0.230 e. The molecule has 112 valence electrons. The summed E-state index contributed by atoms with van der Waals surface area (Å²) in [5, 5.41) is 4.48. The predicted octanol–water partition coefficient (Wildman–Crippen LogP) is 5.01. The Labute approximate surface area is 128 Å². The zero-order valence-corrected chi connectivity index (χ0v) is 12.7. The molecule has 2 aromatic rings. The molecule has 0 bridgehead atoms. The Bertz CT molecular complexity index is 648. The normalized spacial score (nSPS) is 22.4. The van der Waals surface area contributed by atoms with E-state index in [1.165, 1.54) is 25.0 Å². The van der Waals surface area contributed by atoms with Crippen molar-refractivity contribution in [3.8, 4) is 11.1 Å². The number of benzene rings is 1. The first-order chi connectivity index (χ1) is 10.1. The molecule has 1 aliphatic carbocycles. The van der Waals surface area contributed by atoms with Gasteiger partial charge in [0.25, 0.3) is 0 Å². The SMILES string of the molecule is CC1CCC(c2noc(N)c2-c2ccc(F)cc2Cl)CC1. The van der Waals surface area contributed by atoms with Crippen LogP contribution in [0.5, 0.6) is 0 Å². The van der Waals surface area contributed by atoms with Gasteiger partial charge in [0.05, 0.1) is 16.3 Å². The summed E-state index contributed by atoms with van der Waals surface area (Å²) in [6.07, 6.45) is 4.49. The van der Waals surface area contributed by atoms with Crippen molar-refractivity contribution in [1.82, 2.24) is 5.16 Å². The highest BCUT2D eigenvalue weighted by Crippen LogP contribution is 2.43. The Kier molecular flexibility index (Phi) is 3.89. The van der Waals surface area contributed by atoms with Crippen LogP contribution in [0.2, 0.25) is 5.02 Å². The number of halogens is 2. The van der Waals surface area contributed by atoms with Crippen molar-refractivity contribution in [1.29, 1.82) is 0 Å². The largest absolute Gasteiger partial charge is 0.367 e. The molecule has 3 nitrogen and oxygen atoms in total. The molecule has 1 saturated carbocycles. The van der Waals surface area contributed by atoms with Gasteiger partial charge in [0, 0.05) is 11.5 Å². The van der Waals surface area contributed by atoms with E-state index in [1.54, 1.807) is 6.07 Å². The first-order valence-electron chi connectivity index (χ1n) is 7.26. The van der Waals surface area contributed by atoms with Gasteiger partial charge in [-0.15, -0.1) is 0 Å². The minimum Gasteiger partial charge on any atom is -0.367 e. The lowest BCUT2D eigenvalue weighted by atomic mass is 9.80. The van der Waals surface area contributed by atoms with E-state index in [0.29, 0.717) is 16.5 Å². The Morgan fingerprint density at radius 2 is 2.00 bits per heavy atom. The number of nitrogen functional groups attached to an aromatic ring is 1. The number of hydrogen-bond acceptors (Lipinski definition) is 3. The minimum absolute atomic E-state index is 0.247. The van der Waals surface area contributed by atoms with Gasteiger partial charge in [-0.3, -0.25) is 0 Å². The number of aromatic nitrogens is 1. The van der Waals surface area contributed by atoms with Crippen molar-refractivity contribution in [3.05, 3.63) is 34.7 Å². The molecule has 0 atom stereocenters. The first kappa shape index (κ1) is 14.4. The fourth-order valence-electron chi connectivity index (χ4n) is 3.09. The molecule has 1 aliphatic rings. The van der Waals surface area contributed by atoms with E-state index < -0.39 is 0 Å². The van der Waals surface area contributed by atoms with Crippen molar-refractivity contribution >= 4 is 17.5 Å². The van der Waals surface area contributed by atoms with E-state index in [1.807, 2.05) is 0 Å². The van der Waals surface area contributed by atoms with Crippen LogP contribution in [-0.4, -0.2) is 5.16 Å². The quantitative estimate of drug-likeness (QED) is 0.848. The predicted molar refractivity (Wildman–Crippen MR) is 81.7 cm³/mol. The van der Waals surface area contributed by atoms with Crippen LogP contribution in [0.15, 0.2) is 22.7 Å². The molecule has 0 amide bonds. The fourth-order valence-corrected chi connectivity index (χ4v) is 3.35. The molecule has 5 heteroatoms. The van der Waals surface area contributed by atoms with Crippen LogP contribution >= 0.6 is 11.6 Å². The average molecular weight is 309 g/mol. The van der Waals surface area contributed by atoms with Crippen LogP contribution in [0.3, 0.4) is 0 Å². The maximum absolute atomic E-state index is 13.2. The maximum atomic E-state index is 13.2. The minimum atomic E-state index is -0.369. The van der Waals surface area contributed by atoms with E-state index in [4.69, 9.17) is 21.9 Å². The Balaban J connectivity index is 2.01. The van der Waals surface area contributed by atoms with E-state index in [0.717, 1.165) is 30.0 Å². The topological polar surface area (TPSA) is 52.0 Å². The van der Waals surface area contributed by atoms with Gasteiger partial charge in [0.1, 0.15) is 5.82 Å². The molecule has 21 heavy (non-hydrogen) atoms. The van der Waals surface area contributed by atoms with Crippen molar-refractivity contribution in [2.75, 3.05) is 5.73 Å². The first-order valence-corrected chi connectivity index (χ1v) is 7.64. The number of hydrogen-bond donors (Lipinski definition) is 1. The molecule has 0 spiro atoms. The van der Waals surface area contributed by atoms with Gasteiger partial charge in [-0.05, 0) is 37.0 Å². The fraction of sp³-hybridized carbons (Fsp3) is 0.438. The Hall–Kier alpha value is -1.55. The van der Waals surface area contributed by atoms with Gasteiger partial charge in [0.2, 0.25) is 5.88 Å². The van der Waals surface area contributed by atoms with Crippen LogP contribution in [0.4, 0.5) is 10.3 Å². The molecular weight excluding hydrogens is 291 g/mol. The second-order valence-corrected chi connectivity index (χ2v) is 6.30. The van der Waals surface area contributed by atoms with Gasteiger partial charge in [-0.1, -0.05) is 36.5 Å². The van der Waals surface area contributed by atoms with E-state index in [9.17, 15) is 4.39 Å². The van der Waals surface area contributed by atoms with Crippen LogP contribution in [-0.2, 0) is 0 Å². The summed E-state index contributed by atoms with van der Waals surface area (Å²) in [4.78, 5) is 0. The highest BCUT2D eigenvalue weighted by molar-refractivity contribution is 6.33. The van der Waals surface area contributed by atoms with Gasteiger partial charge < -0.3 is 10.3 Å². The second kappa shape index (κ2) is 5.68. The monoisotopic (exact) mass is 308 g/mol.